The molecule has 24 heavy (non-hydrogen) atoms. The van der Waals surface area contributed by atoms with E-state index >= 15 is 0 Å². The first-order valence-corrected chi connectivity index (χ1v) is 8.05. The first-order valence-electron chi connectivity index (χ1n) is 8.05. The summed E-state index contributed by atoms with van der Waals surface area (Å²) in [6.45, 7) is 3.39. The zero-order chi connectivity index (χ0) is 16.7. The molecule has 0 bridgehead atoms. The normalized spacial score (nSPS) is 14.5. The second-order valence-electron chi connectivity index (χ2n) is 6.01. The second-order valence-corrected chi connectivity index (χ2v) is 6.01. The first kappa shape index (κ1) is 14.8. The van der Waals surface area contributed by atoms with Gasteiger partial charge < -0.3 is 4.90 Å². The lowest BCUT2D eigenvalue weighted by Crippen LogP contribution is -2.19. The highest BCUT2D eigenvalue weighted by molar-refractivity contribution is 6.05. The van der Waals surface area contributed by atoms with Gasteiger partial charge in [0.15, 0.2) is 11.4 Å². The van der Waals surface area contributed by atoms with Crippen molar-refractivity contribution in [3.63, 3.8) is 0 Å². The molecular weight excluding hydrogens is 307 g/mol. The number of Topliss-reactive ketones (excluding diaryl/α,β-unsaturated/α-hetero) is 1. The van der Waals surface area contributed by atoms with Crippen LogP contribution < -0.4 is 4.90 Å². The molecule has 3 aromatic rings. The molecular formula is C18H17FN4O. The Morgan fingerprint density at radius 2 is 1.92 bits per heavy atom. The summed E-state index contributed by atoms with van der Waals surface area (Å²) in [7, 11) is 0. The van der Waals surface area contributed by atoms with Gasteiger partial charge in [-0.25, -0.2) is 13.9 Å². The van der Waals surface area contributed by atoms with E-state index in [1.54, 1.807) is 28.9 Å². The van der Waals surface area contributed by atoms with Crippen LogP contribution in [-0.4, -0.2) is 33.5 Å². The van der Waals surface area contributed by atoms with E-state index in [9.17, 15) is 9.18 Å². The number of hydrogen-bond acceptors (Lipinski definition) is 4. The smallest absolute Gasteiger partial charge is 0.168 e. The van der Waals surface area contributed by atoms with Gasteiger partial charge in [-0.2, -0.15) is 5.10 Å². The van der Waals surface area contributed by atoms with Crippen LogP contribution in [0.2, 0.25) is 0 Å². The zero-order valence-corrected chi connectivity index (χ0v) is 13.4. The van der Waals surface area contributed by atoms with Crippen molar-refractivity contribution < 1.29 is 9.18 Å². The maximum Gasteiger partial charge on any atom is 0.168 e. The van der Waals surface area contributed by atoms with E-state index in [4.69, 9.17) is 0 Å². The third-order valence-corrected chi connectivity index (χ3v) is 4.38. The molecule has 1 fully saturated rings. The molecule has 6 heteroatoms. The van der Waals surface area contributed by atoms with Crippen molar-refractivity contribution in [1.82, 2.24) is 14.6 Å². The largest absolute Gasteiger partial charge is 0.357 e. The van der Waals surface area contributed by atoms with E-state index in [0.717, 1.165) is 31.7 Å². The van der Waals surface area contributed by atoms with Crippen LogP contribution in [0.5, 0.6) is 0 Å². The molecule has 1 aromatic carbocycles. The van der Waals surface area contributed by atoms with Crippen LogP contribution in [0.4, 0.5) is 10.2 Å². The predicted octanol–water partition coefficient (Wildman–Crippen LogP) is 3.34. The topological polar surface area (TPSA) is 50.5 Å². The number of benzene rings is 1. The Labute approximate surface area is 138 Å². The fourth-order valence-corrected chi connectivity index (χ4v) is 3.21. The summed E-state index contributed by atoms with van der Waals surface area (Å²) in [5.41, 5.74) is 1.49. The van der Waals surface area contributed by atoms with Gasteiger partial charge in [0.1, 0.15) is 17.3 Å². The Morgan fingerprint density at radius 1 is 1.17 bits per heavy atom. The first-order chi connectivity index (χ1) is 11.6. The van der Waals surface area contributed by atoms with Crippen molar-refractivity contribution in [3.8, 4) is 11.3 Å². The average Bonchev–Trinajstić information content (AvgIpc) is 3.22. The fraction of sp³-hybridized carbons (Fsp3) is 0.278. The van der Waals surface area contributed by atoms with E-state index in [1.165, 1.54) is 13.0 Å². The maximum absolute atomic E-state index is 14.2. The number of rotatable bonds is 3. The number of carbonyl (C=O) groups excluding carboxylic acids is 1. The third kappa shape index (κ3) is 2.35. The quantitative estimate of drug-likeness (QED) is 0.693. The number of anilines is 1. The van der Waals surface area contributed by atoms with Crippen molar-refractivity contribution >= 4 is 17.2 Å². The van der Waals surface area contributed by atoms with Gasteiger partial charge in [-0.05, 0) is 38.0 Å². The minimum Gasteiger partial charge on any atom is -0.357 e. The summed E-state index contributed by atoms with van der Waals surface area (Å²) >= 11 is 0. The molecule has 0 amide bonds. The van der Waals surface area contributed by atoms with E-state index in [2.05, 4.69) is 15.0 Å². The lowest BCUT2D eigenvalue weighted by atomic mass is 10.0. The standard InChI is InChI=1S/C18H17FN4O/c1-12(24)16-17(13-6-2-3-7-14(13)19)21-23-11-8-15(20-18(16)23)22-9-4-5-10-22/h2-3,6-8,11H,4-5,9-10H2,1H3. The minimum atomic E-state index is -0.400. The zero-order valence-electron chi connectivity index (χ0n) is 13.4. The molecule has 0 unspecified atom stereocenters. The number of nitrogens with zero attached hydrogens (tertiary/aromatic N) is 4. The number of hydrogen-bond donors (Lipinski definition) is 0. The Bertz CT molecular complexity index is 928. The maximum atomic E-state index is 14.2. The van der Waals surface area contributed by atoms with E-state index in [1.807, 2.05) is 6.07 Å². The van der Waals surface area contributed by atoms with Crippen LogP contribution in [0.15, 0.2) is 36.5 Å². The molecule has 0 N–H and O–H groups in total. The van der Waals surface area contributed by atoms with Gasteiger partial charge in [-0.15, -0.1) is 0 Å². The lowest BCUT2D eigenvalue weighted by Gasteiger charge is -2.15. The van der Waals surface area contributed by atoms with Crippen LogP contribution in [-0.2, 0) is 0 Å². The fourth-order valence-electron chi connectivity index (χ4n) is 3.21. The van der Waals surface area contributed by atoms with Gasteiger partial charge in [0.05, 0.1) is 5.56 Å². The molecule has 0 radical (unpaired) electrons. The van der Waals surface area contributed by atoms with Gasteiger partial charge in [0.25, 0.3) is 0 Å². The average molecular weight is 324 g/mol. The van der Waals surface area contributed by atoms with Crippen LogP contribution in [0.1, 0.15) is 30.1 Å². The summed E-state index contributed by atoms with van der Waals surface area (Å²) in [4.78, 5) is 19.1. The van der Waals surface area contributed by atoms with Crippen molar-refractivity contribution in [1.29, 1.82) is 0 Å². The Kier molecular flexibility index (Phi) is 3.52. The molecule has 3 heterocycles. The van der Waals surface area contributed by atoms with Gasteiger partial charge >= 0.3 is 0 Å². The SMILES string of the molecule is CC(=O)c1c(-c2ccccc2F)nn2ccc(N3CCCC3)nc12. The summed E-state index contributed by atoms with van der Waals surface area (Å²) in [5, 5.41) is 4.41. The van der Waals surface area contributed by atoms with Gasteiger partial charge in [0, 0.05) is 24.8 Å². The molecule has 1 saturated heterocycles. The highest BCUT2D eigenvalue weighted by atomic mass is 19.1. The summed E-state index contributed by atoms with van der Waals surface area (Å²) in [6, 6.07) is 8.23. The monoisotopic (exact) mass is 324 g/mol. The molecule has 1 aliphatic heterocycles. The van der Waals surface area contributed by atoms with E-state index in [-0.39, 0.29) is 5.78 Å². The minimum absolute atomic E-state index is 0.172. The van der Waals surface area contributed by atoms with Gasteiger partial charge in [-0.3, -0.25) is 4.79 Å². The Morgan fingerprint density at radius 3 is 2.62 bits per heavy atom. The third-order valence-electron chi connectivity index (χ3n) is 4.38. The molecule has 4 rings (SSSR count). The molecule has 122 valence electrons. The van der Waals surface area contributed by atoms with Crippen LogP contribution >= 0.6 is 0 Å². The number of ketones is 1. The van der Waals surface area contributed by atoms with Crippen molar-refractivity contribution in [2.24, 2.45) is 0 Å². The van der Waals surface area contributed by atoms with Crippen molar-refractivity contribution in [2.45, 2.75) is 19.8 Å². The molecule has 0 atom stereocenters. The summed E-state index contributed by atoms with van der Waals surface area (Å²) in [6.07, 6.45) is 4.07. The second kappa shape index (κ2) is 5.70. The van der Waals surface area contributed by atoms with Crippen LogP contribution in [0.3, 0.4) is 0 Å². The van der Waals surface area contributed by atoms with E-state index in [0.29, 0.717) is 22.5 Å². The number of aromatic nitrogens is 3. The Hall–Kier alpha value is -2.76. The molecule has 0 saturated carbocycles. The predicted molar refractivity (Wildman–Crippen MR) is 89.8 cm³/mol. The van der Waals surface area contributed by atoms with Crippen LogP contribution in [0.25, 0.3) is 16.9 Å². The highest BCUT2D eigenvalue weighted by Crippen LogP contribution is 2.29. The lowest BCUT2D eigenvalue weighted by molar-refractivity contribution is 0.101. The molecule has 0 aliphatic carbocycles. The summed E-state index contributed by atoms with van der Waals surface area (Å²) < 4.78 is 15.7. The number of fused-ring (bicyclic) bond motifs is 1. The molecule has 5 nitrogen and oxygen atoms in total. The molecule has 2 aromatic heterocycles. The number of halogens is 1. The van der Waals surface area contributed by atoms with E-state index < -0.39 is 5.82 Å². The molecule has 1 aliphatic rings. The summed E-state index contributed by atoms with van der Waals surface area (Å²) in [5.74, 6) is 0.264. The number of carbonyl (C=O) groups is 1. The van der Waals surface area contributed by atoms with Gasteiger partial charge in [0.2, 0.25) is 0 Å². The highest BCUT2D eigenvalue weighted by Gasteiger charge is 2.23. The molecule has 0 spiro atoms. The van der Waals surface area contributed by atoms with Gasteiger partial charge in [-0.1, -0.05) is 12.1 Å². The van der Waals surface area contributed by atoms with Crippen LogP contribution in [0, 0.1) is 5.82 Å². The Balaban J connectivity index is 1.93. The van der Waals surface area contributed by atoms with Crippen molar-refractivity contribution in [3.05, 3.63) is 47.9 Å². The van der Waals surface area contributed by atoms with Crippen molar-refractivity contribution in [2.75, 3.05) is 18.0 Å².